The Hall–Kier alpha value is -2.28. The van der Waals surface area contributed by atoms with E-state index in [1.54, 1.807) is 11.3 Å². The molecule has 0 aliphatic heterocycles. The lowest BCUT2D eigenvalue weighted by atomic mass is 9.89. The van der Waals surface area contributed by atoms with Crippen molar-refractivity contribution in [3.05, 3.63) is 40.7 Å². The van der Waals surface area contributed by atoms with Gasteiger partial charge in [0.05, 0.1) is 26.6 Å². The smallest absolute Gasteiger partial charge is 0.223 e. The number of aromatic amines is 1. The number of carbonyl (C=O) groups is 1. The number of aryl methyl sites for hydroxylation is 1. The van der Waals surface area contributed by atoms with E-state index in [0.717, 1.165) is 34.8 Å². The Balaban J connectivity index is 1.37. The van der Waals surface area contributed by atoms with Crippen molar-refractivity contribution in [3.63, 3.8) is 0 Å². The maximum Gasteiger partial charge on any atom is 0.223 e. The topological polar surface area (TPSA) is 83.6 Å². The van der Waals surface area contributed by atoms with Gasteiger partial charge in [0.1, 0.15) is 0 Å². The van der Waals surface area contributed by atoms with Crippen LogP contribution < -0.4 is 5.32 Å². The molecule has 6 nitrogen and oxygen atoms in total. The molecule has 2 heterocycles. The number of H-pyrrole nitrogens is 1. The molecular weight excluding hydrogens is 322 g/mol. The number of thiazole rings is 1. The van der Waals surface area contributed by atoms with Crippen molar-refractivity contribution >= 4 is 27.5 Å². The van der Waals surface area contributed by atoms with Gasteiger partial charge in [-0.25, -0.2) is 4.98 Å². The Bertz CT molecular complexity index is 838. The summed E-state index contributed by atoms with van der Waals surface area (Å²) in [5, 5.41) is 15.0. The van der Waals surface area contributed by atoms with Gasteiger partial charge in [-0.1, -0.05) is 19.1 Å². The molecule has 0 bridgehead atoms. The first-order valence-electron chi connectivity index (χ1n) is 8.22. The average Bonchev–Trinajstić information content (AvgIpc) is 3.24. The molecule has 3 aromatic rings. The Morgan fingerprint density at radius 2 is 2.21 bits per heavy atom. The minimum absolute atomic E-state index is 0.00910. The van der Waals surface area contributed by atoms with Crippen molar-refractivity contribution in [1.82, 2.24) is 25.7 Å². The van der Waals surface area contributed by atoms with E-state index in [1.165, 1.54) is 4.70 Å². The Labute approximate surface area is 143 Å². The van der Waals surface area contributed by atoms with Crippen LogP contribution in [0.3, 0.4) is 0 Å². The molecule has 2 atom stereocenters. The predicted octanol–water partition coefficient (Wildman–Crippen LogP) is 2.44. The monoisotopic (exact) mass is 341 g/mol. The molecule has 0 radical (unpaired) electrons. The van der Waals surface area contributed by atoms with Gasteiger partial charge in [0.15, 0.2) is 0 Å². The molecule has 0 unspecified atom stereocenters. The standard InChI is InChI=1S/C17H19N5OS/c1-10(17-19-13-4-2-3-5-15(13)24-17)9-18-16(23)11-6-7-12-14(8-11)21-22-20-12/h2-5,10-11H,6-9H2,1H3,(H,18,23)(H,20,21,22)/t10-,11-/m1/s1. The second kappa shape index (κ2) is 6.32. The van der Waals surface area contributed by atoms with E-state index < -0.39 is 0 Å². The van der Waals surface area contributed by atoms with Gasteiger partial charge in [0.2, 0.25) is 5.91 Å². The number of amides is 1. The first-order valence-corrected chi connectivity index (χ1v) is 9.04. The summed E-state index contributed by atoms with van der Waals surface area (Å²) in [7, 11) is 0. The fourth-order valence-electron chi connectivity index (χ4n) is 3.09. The van der Waals surface area contributed by atoms with Crippen LogP contribution in [0, 0.1) is 5.92 Å². The van der Waals surface area contributed by atoms with Gasteiger partial charge >= 0.3 is 0 Å². The highest BCUT2D eigenvalue weighted by molar-refractivity contribution is 7.18. The third-order valence-corrected chi connectivity index (χ3v) is 5.83. The molecule has 0 spiro atoms. The van der Waals surface area contributed by atoms with E-state index in [-0.39, 0.29) is 17.7 Å². The first-order chi connectivity index (χ1) is 11.7. The van der Waals surface area contributed by atoms with Crippen LogP contribution in [0.15, 0.2) is 24.3 Å². The van der Waals surface area contributed by atoms with E-state index in [2.05, 4.69) is 38.7 Å². The molecule has 2 aromatic heterocycles. The van der Waals surface area contributed by atoms with Crippen molar-refractivity contribution in [1.29, 1.82) is 0 Å². The summed E-state index contributed by atoms with van der Waals surface area (Å²) < 4.78 is 1.19. The molecule has 0 saturated carbocycles. The third-order valence-electron chi connectivity index (χ3n) is 4.56. The van der Waals surface area contributed by atoms with Crippen molar-refractivity contribution in [3.8, 4) is 0 Å². The fraction of sp³-hybridized carbons (Fsp3) is 0.412. The number of aromatic nitrogens is 4. The van der Waals surface area contributed by atoms with E-state index in [0.29, 0.717) is 13.0 Å². The van der Waals surface area contributed by atoms with Crippen LogP contribution in [0.25, 0.3) is 10.2 Å². The number of nitrogens with one attached hydrogen (secondary N) is 2. The quantitative estimate of drug-likeness (QED) is 0.763. The van der Waals surface area contributed by atoms with Crippen LogP contribution in [0.5, 0.6) is 0 Å². The summed E-state index contributed by atoms with van der Waals surface area (Å²) in [6.45, 7) is 2.72. The summed E-state index contributed by atoms with van der Waals surface area (Å²) in [6.07, 6.45) is 2.32. The lowest BCUT2D eigenvalue weighted by Crippen LogP contribution is -2.36. The lowest BCUT2D eigenvalue weighted by Gasteiger charge is -2.20. The number of nitrogens with zero attached hydrogens (tertiary/aromatic N) is 3. The first kappa shape index (κ1) is 15.3. The van der Waals surface area contributed by atoms with Gasteiger partial charge in [-0.3, -0.25) is 4.79 Å². The summed E-state index contributed by atoms with van der Waals surface area (Å²) in [4.78, 5) is 17.1. The van der Waals surface area contributed by atoms with Crippen molar-refractivity contribution in [2.45, 2.75) is 32.1 Å². The van der Waals surface area contributed by atoms with Crippen molar-refractivity contribution in [2.24, 2.45) is 5.92 Å². The molecular formula is C17H19N5OS. The number of para-hydroxylation sites is 1. The number of hydrogen-bond acceptors (Lipinski definition) is 5. The number of rotatable bonds is 4. The van der Waals surface area contributed by atoms with E-state index in [4.69, 9.17) is 0 Å². The van der Waals surface area contributed by atoms with Gasteiger partial charge in [-0.2, -0.15) is 15.4 Å². The molecule has 1 aliphatic rings. The van der Waals surface area contributed by atoms with Gasteiger partial charge in [0.25, 0.3) is 0 Å². The second-order valence-corrected chi connectivity index (χ2v) is 7.38. The minimum atomic E-state index is -0.00910. The van der Waals surface area contributed by atoms with Gasteiger partial charge < -0.3 is 5.32 Å². The summed E-state index contributed by atoms with van der Waals surface area (Å²) in [5.41, 5.74) is 2.96. The lowest BCUT2D eigenvalue weighted by molar-refractivity contribution is -0.125. The Morgan fingerprint density at radius 1 is 1.38 bits per heavy atom. The van der Waals surface area contributed by atoms with Crippen LogP contribution in [-0.4, -0.2) is 32.8 Å². The molecule has 1 aliphatic carbocycles. The molecule has 0 saturated heterocycles. The number of carbonyl (C=O) groups excluding carboxylic acids is 1. The molecule has 7 heteroatoms. The molecule has 1 aromatic carbocycles. The zero-order chi connectivity index (χ0) is 16.5. The van der Waals surface area contributed by atoms with E-state index in [9.17, 15) is 4.79 Å². The molecule has 0 fully saturated rings. The zero-order valence-corrected chi connectivity index (χ0v) is 14.3. The van der Waals surface area contributed by atoms with Crippen LogP contribution in [0.2, 0.25) is 0 Å². The fourth-order valence-corrected chi connectivity index (χ4v) is 4.11. The molecule has 4 rings (SSSR count). The van der Waals surface area contributed by atoms with Crippen LogP contribution in [0.1, 0.15) is 35.7 Å². The Morgan fingerprint density at radius 3 is 3.08 bits per heavy atom. The minimum Gasteiger partial charge on any atom is -0.355 e. The number of fused-ring (bicyclic) bond motifs is 2. The second-order valence-electron chi connectivity index (χ2n) is 6.32. The molecule has 1 amide bonds. The highest BCUT2D eigenvalue weighted by Crippen LogP contribution is 2.27. The predicted molar refractivity (Wildman–Crippen MR) is 92.9 cm³/mol. The van der Waals surface area contributed by atoms with Crippen LogP contribution in [-0.2, 0) is 17.6 Å². The van der Waals surface area contributed by atoms with E-state index in [1.807, 2.05) is 18.2 Å². The average molecular weight is 341 g/mol. The SMILES string of the molecule is C[C@H](CNC(=O)[C@@H]1CCc2n[nH]nc2C1)c1nc2ccccc2s1. The summed E-state index contributed by atoms with van der Waals surface area (Å²) in [6, 6.07) is 8.13. The van der Waals surface area contributed by atoms with E-state index >= 15 is 0 Å². The number of benzene rings is 1. The molecule has 24 heavy (non-hydrogen) atoms. The Kier molecular flexibility index (Phi) is 4.02. The maximum absolute atomic E-state index is 12.5. The summed E-state index contributed by atoms with van der Waals surface area (Å²) in [5.74, 6) is 0.305. The number of hydrogen-bond donors (Lipinski definition) is 2. The van der Waals surface area contributed by atoms with Gasteiger partial charge in [-0.15, -0.1) is 11.3 Å². The molecule has 2 N–H and O–H groups in total. The highest BCUT2D eigenvalue weighted by atomic mass is 32.1. The van der Waals surface area contributed by atoms with Crippen molar-refractivity contribution in [2.75, 3.05) is 6.54 Å². The van der Waals surface area contributed by atoms with Gasteiger partial charge in [-0.05, 0) is 25.0 Å². The van der Waals surface area contributed by atoms with Crippen LogP contribution in [0.4, 0.5) is 0 Å². The highest BCUT2D eigenvalue weighted by Gasteiger charge is 2.27. The maximum atomic E-state index is 12.5. The third kappa shape index (κ3) is 2.91. The molecule has 124 valence electrons. The normalized spacial score (nSPS) is 18.3. The summed E-state index contributed by atoms with van der Waals surface area (Å²) >= 11 is 1.70. The van der Waals surface area contributed by atoms with Crippen molar-refractivity contribution < 1.29 is 4.79 Å². The largest absolute Gasteiger partial charge is 0.355 e. The van der Waals surface area contributed by atoms with Gasteiger partial charge in [0, 0.05) is 24.8 Å². The zero-order valence-electron chi connectivity index (χ0n) is 13.5. The van der Waals surface area contributed by atoms with Crippen LogP contribution >= 0.6 is 11.3 Å².